The van der Waals surface area contributed by atoms with Crippen molar-refractivity contribution in [3.8, 4) is 11.1 Å². The van der Waals surface area contributed by atoms with Crippen LogP contribution in [0.5, 0.6) is 0 Å². The molecule has 1 aliphatic rings. The van der Waals surface area contributed by atoms with Crippen molar-refractivity contribution in [3.63, 3.8) is 0 Å². The fourth-order valence-electron chi connectivity index (χ4n) is 3.12. The number of anilines is 1. The molecule has 22 heavy (non-hydrogen) atoms. The molecule has 4 rings (SSSR count). The highest BCUT2D eigenvalue weighted by Gasteiger charge is 2.19. The first-order valence-electron chi connectivity index (χ1n) is 7.66. The van der Waals surface area contributed by atoms with Gasteiger partial charge >= 0.3 is 0 Å². The number of H-pyrrole nitrogens is 1. The van der Waals surface area contributed by atoms with Crippen LogP contribution >= 0.6 is 0 Å². The number of aromatic amines is 1. The lowest BCUT2D eigenvalue weighted by Crippen LogP contribution is -2.35. The Kier molecular flexibility index (Phi) is 3.15. The zero-order chi connectivity index (χ0) is 14.9. The van der Waals surface area contributed by atoms with E-state index in [1.54, 1.807) is 0 Å². The lowest BCUT2D eigenvalue weighted by molar-refractivity contribution is -0.119. The molecule has 1 fully saturated rings. The largest absolute Gasteiger partial charge is 0.312 e. The number of carbonyl (C=O) groups excluding carboxylic acids is 1. The smallest absolute Gasteiger partial charge is 0.226 e. The Hall–Kier alpha value is -2.62. The van der Waals surface area contributed by atoms with Gasteiger partial charge in [-0.2, -0.15) is 5.10 Å². The molecule has 1 aliphatic heterocycles. The highest BCUT2D eigenvalue weighted by molar-refractivity contribution is 5.96. The lowest BCUT2D eigenvalue weighted by Gasteiger charge is -2.26. The minimum atomic E-state index is 0.232. The molecule has 1 amide bonds. The summed E-state index contributed by atoms with van der Waals surface area (Å²) in [6.45, 7) is 0.829. The molecule has 3 aromatic rings. The van der Waals surface area contributed by atoms with Crippen molar-refractivity contribution in [2.75, 3.05) is 11.4 Å². The summed E-state index contributed by atoms with van der Waals surface area (Å²) in [5.41, 5.74) is 4.32. The Bertz CT molecular complexity index is 820. The Morgan fingerprint density at radius 3 is 2.73 bits per heavy atom. The predicted octanol–water partition coefficient (Wildman–Crippen LogP) is 3.75. The van der Waals surface area contributed by atoms with Gasteiger partial charge in [-0.1, -0.05) is 24.3 Å². The number of fused-ring (bicyclic) bond motifs is 1. The summed E-state index contributed by atoms with van der Waals surface area (Å²) in [7, 11) is 0. The Balaban J connectivity index is 1.70. The lowest BCUT2D eigenvalue weighted by atomic mass is 10.0. The van der Waals surface area contributed by atoms with Crippen LogP contribution in [0.2, 0.25) is 0 Å². The summed E-state index contributed by atoms with van der Waals surface area (Å²) in [5.74, 6) is 0.232. The van der Waals surface area contributed by atoms with Crippen LogP contribution in [-0.2, 0) is 4.79 Å². The highest BCUT2D eigenvalue weighted by Crippen LogP contribution is 2.29. The first-order valence-corrected chi connectivity index (χ1v) is 7.66. The SMILES string of the molecule is O=C1CCCCN1c1ccc(-c2cccc3[nH]ncc23)cc1. The molecular formula is C18H17N3O. The van der Waals surface area contributed by atoms with Crippen LogP contribution < -0.4 is 4.90 Å². The molecule has 0 bridgehead atoms. The number of hydrogen-bond acceptors (Lipinski definition) is 2. The van der Waals surface area contributed by atoms with Crippen LogP contribution in [-0.4, -0.2) is 22.6 Å². The number of benzene rings is 2. The van der Waals surface area contributed by atoms with E-state index in [-0.39, 0.29) is 5.91 Å². The normalized spacial score (nSPS) is 15.5. The van der Waals surface area contributed by atoms with E-state index in [0.717, 1.165) is 47.1 Å². The van der Waals surface area contributed by atoms with Crippen molar-refractivity contribution in [1.29, 1.82) is 0 Å². The molecule has 0 unspecified atom stereocenters. The zero-order valence-corrected chi connectivity index (χ0v) is 12.2. The number of amides is 1. The van der Waals surface area contributed by atoms with Crippen LogP contribution in [0.25, 0.3) is 22.0 Å². The van der Waals surface area contributed by atoms with E-state index in [1.165, 1.54) is 0 Å². The van der Waals surface area contributed by atoms with E-state index in [4.69, 9.17) is 0 Å². The maximum absolute atomic E-state index is 12.0. The first-order chi connectivity index (χ1) is 10.8. The molecule has 2 aromatic carbocycles. The van der Waals surface area contributed by atoms with Gasteiger partial charge in [0.05, 0.1) is 11.7 Å². The molecule has 110 valence electrons. The van der Waals surface area contributed by atoms with E-state index >= 15 is 0 Å². The third-order valence-corrected chi connectivity index (χ3v) is 4.30. The van der Waals surface area contributed by atoms with Crippen molar-refractivity contribution in [3.05, 3.63) is 48.7 Å². The highest BCUT2D eigenvalue weighted by atomic mass is 16.2. The molecule has 1 saturated heterocycles. The minimum absolute atomic E-state index is 0.232. The molecule has 1 N–H and O–H groups in total. The first kappa shape index (κ1) is 13.1. The molecule has 0 saturated carbocycles. The van der Waals surface area contributed by atoms with Gasteiger partial charge in [-0.3, -0.25) is 9.89 Å². The number of nitrogens with one attached hydrogen (secondary N) is 1. The maximum Gasteiger partial charge on any atom is 0.226 e. The van der Waals surface area contributed by atoms with Gasteiger partial charge in [-0.05, 0) is 42.2 Å². The topological polar surface area (TPSA) is 49.0 Å². The van der Waals surface area contributed by atoms with Gasteiger partial charge in [-0.15, -0.1) is 0 Å². The summed E-state index contributed by atoms with van der Waals surface area (Å²) >= 11 is 0. The van der Waals surface area contributed by atoms with Gasteiger partial charge in [-0.25, -0.2) is 0 Å². The van der Waals surface area contributed by atoms with Gasteiger partial charge in [0.25, 0.3) is 0 Å². The van der Waals surface area contributed by atoms with E-state index in [1.807, 2.05) is 35.4 Å². The van der Waals surface area contributed by atoms with E-state index < -0.39 is 0 Å². The predicted molar refractivity (Wildman–Crippen MR) is 87.7 cm³/mol. The molecule has 0 aliphatic carbocycles. The van der Waals surface area contributed by atoms with Crippen molar-refractivity contribution in [2.45, 2.75) is 19.3 Å². The van der Waals surface area contributed by atoms with E-state index in [9.17, 15) is 4.79 Å². The summed E-state index contributed by atoms with van der Waals surface area (Å²) < 4.78 is 0. The summed E-state index contributed by atoms with van der Waals surface area (Å²) in [6, 6.07) is 14.4. The molecule has 4 nitrogen and oxygen atoms in total. The van der Waals surface area contributed by atoms with E-state index in [2.05, 4.69) is 28.4 Å². The fourth-order valence-corrected chi connectivity index (χ4v) is 3.12. The Morgan fingerprint density at radius 1 is 1.05 bits per heavy atom. The molecule has 0 radical (unpaired) electrons. The average molecular weight is 291 g/mol. The van der Waals surface area contributed by atoms with Crippen molar-refractivity contribution >= 4 is 22.5 Å². The molecule has 2 heterocycles. The number of hydrogen-bond donors (Lipinski definition) is 1. The summed E-state index contributed by atoms with van der Waals surface area (Å²) in [6.07, 6.45) is 4.61. The average Bonchev–Trinajstić information content (AvgIpc) is 3.04. The van der Waals surface area contributed by atoms with Crippen LogP contribution in [0, 0.1) is 0 Å². The molecule has 4 heteroatoms. The minimum Gasteiger partial charge on any atom is -0.312 e. The second-order valence-corrected chi connectivity index (χ2v) is 5.69. The molecule has 0 atom stereocenters. The maximum atomic E-state index is 12.0. The van der Waals surface area contributed by atoms with Gasteiger partial charge < -0.3 is 4.90 Å². The third kappa shape index (κ3) is 2.17. The van der Waals surface area contributed by atoms with Crippen molar-refractivity contribution < 1.29 is 4.79 Å². The second-order valence-electron chi connectivity index (χ2n) is 5.69. The third-order valence-electron chi connectivity index (χ3n) is 4.30. The number of piperidine rings is 1. The van der Waals surface area contributed by atoms with Gasteiger partial charge in [0.15, 0.2) is 0 Å². The van der Waals surface area contributed by atoms with Gasteiger partial charge in [0, 0.05) is 24.0 Å². The number of rotatable bonds is 2. The van der Waals surface area contributed by atoms with Crippen LogP contribution in [0.1, 0.15) is 19.3 Å². The zero-order valence-electron chi connectivity index (χ0n) is 12.2. The number of carbonyl (C=O) groups is 1. The summed E-state index contributed by atoms with van der Waals surface area (Å²) in [5, 5.41) is 8.22. The number of nitrogens with zero attached hydrogens (tertiary/aromatic N) is 2. The monoisotopic (exact) mass is 291 g/mol. The van der Waals surface area contributed by atoms with Crippen LogP contribution in [0.15, 0.2) is 48.7 Å². The molecule has 0 spiro atoms. The van der Waals surface area contributed by atoms with Crippen LogP contribution in [0.3, 0.4) is 0 Å². The molecular weight excluding hydrogens is 274 g/mol. The quantitative estimate of drug-likeness (QED) is 0.781. The summed E-state index contributed by atoms with van der Waals surface area (Å²) in [4.78, 5) is 13.9. The second kappa shape index (κ2) is 5.30. The van der Waals surface area contributed by atoms with Crippen LogP contribution in [0.4, 0.5) is 5.69 Å². The standard InChI is InChI=1S/C18H17N3O/c22-18-6-1-2-11-21(18)14-9-7-13(8-10-14)15-4-3-5-17-16(15)12-19-20-17/h3-5,7-10,12H,1-2,6,11H2,(H,19,20). The van der Waals surface area contributed by atoms with E-state index in [0.29, 0.717) is 6.42 Å². The Labute approximate surface area is 128 Å². The van der Waals surface area contributed by atoms with Gasteiger partial charge in [0.2, 0.25) is 5.91 Å². The number of aromatic nitrogens is 2. The Morgan fingerprint density at radius 2 is 1.91 bits per heavy atom. The fraction of sp³-hybridized carbons (Fsp3) is 0.222. The van der Waals surface area contributed by atoms with Crippen molar-refractivity contribution in [1.82, 2.24) is 10.2 Å². The van der Waals surface area contributed by atoms with Crippen molar-refractivity contribution in [2.24, 2.45) is 0 Å². The van der Waals surface area contributed by atoms with Gasteiger partial charge in [0.1, 0.15) is 0 Å². The molecule has 1 aromatic heterocycles.